The quantitative estimate of drug-likeness (QED) is 0.677. The van der Waals surface area contributed by atoms with Crippen LogP contribution in [0.15, 0.2) is 6.07 Å². The van der Waals surface area contributed by atoms with E-state index in [9.17, 15) is 4.79 Å². The van der Waals surface area contributed by atoms with Crippen molar-refractivity contribution in [3.05, 3.63) is 6.07 Å². The van der Waals surface area contributed by atoms with Gasteiger partial charge in [0.25, 0.3) is 0 Å². The molecule has 7 nitrogen and oxygen atoms in total. The molecule has 0 spiro atoms. The normalized spacial score (nSPS) is 9.94. The molecule has 18 heavy (non-hydrogen) atoms. The summed E-state index contributed by atoms with van der Waals surface area (Å²) in [5, 5.41) is 5.98. The van der Waals surface area contributed by atoms with Gasteiger partial charge >= 0.3 is 0 Å². The molecule has 0 aliphatic heterocycles. The highest BCUT2D eigenvalue weighted by Gasteiger charge is 2.07. The number of nitrogens with zero attached hydrogens (tertiary/aromatic N) is 3. The van der Waals surface area contributed by atoms with E-state index in [0.717, 1.165) is 6.54 Å². The molecule has 0 saturated carbocycles. The minimum atomic E-state index is -0.000292. The average molecular weight is 252 g/mol. The second kappa shape index (κ2) is 6.63. The summed E-state index contributed by atoms with van der Waals surface area (Å²) in [6.07, 6.45) is 0. The summed E-state index contributed by atoms with van der Waals surface area (Å²) in [6.45, 7) is 5.49. The number of amides is 1. The molecule has 1 aromatic heterocycles. The lowest BCUT2D eigenvalue weighted by Gasteiger charge is -2.15. The standard InChI is InChI=1S/C11H20N6O/c1-4-13-8-6-9(16-11(12)15-8)14-7-10(18)17(3)5-2/h6H,4-5,7H2,1-3H3,(H4,12,13,14,15,16). The second-order valence-electron chi connectivity index (χ2n) is 3.79. The molecular formula is C11H20N6O. The van der Waals surface area contributed by atoms with Crippen LogP contribution in [0.25, 0.3) is 0 Å². The molecule has 4 N–H and O–H groups in total. The first-order valence-corrected chi connectivity index (χ1v) is 5.93. The van der Waals surface area contributed by atoms with Gasteiger partial charge in [-0.05, 0) is 13.8 Å². The van der Waals surface area contributed by atoms with Crippen LogP contribution in [0.5, 0.6) is 0 Å². The van der Waals surface area contributed by atoms with Crippen molar-refractivity contribution in [2.24, 2.45) is 0 Å². The number of rotatable bonds is 6. The van der Waals surface area contributed by atoms with E-state index in [0.29, 0.717) is 18.2 Å². The van der Waals surface area contributed by atoms with Crippen LogP contribution in [-0.4, -0.2) is 47.5 Å². The number of hydrogen-bond acceptors (Lipinski definition) is 6. The number of nitrogens with one attached hydrogen (secondary N) is 2. The zero-order valence-corrected chi connectivity index (χ0v) is 11.0. The van der Waals surface area contributed by atoms with E-state index in [1.54, 1.807) is 18.0 Å². The van der Waals surface area contributed by atoms with Gasteiger partial charge in [0.1, 0.15) is 11.6 Å². The molecule has 0 fully saturated rings. The van der Waals surface area contributed by atoms with E-state index in [4.69, 9.17) is 5.73 Å². The lowest BCUT2D eigenvalue weighted by Crippen LogP contribution is -2.32. The summed E-state index contributed by atoms with van der Waals surface area (Å²) in [6, 6.07) is 1.72. The maximum atomic E-state index is 11.6. The third kappa shape index (κ3) is 4.08. The summed E-state index contributed by atoms with van der Waals surface area (Å²) in [5.74, 6) is 1.35. The van der Waals surface area contributed by atoms with E-state index < -0.39 is 0 Å². The molecule has 1 aromatic rings. The van der Waals surface area contributed by atoms with Crippen LogP contribution in [0.4, 0.5) is 17.6 Å². The largest absolute Gasteiger partial charge is 0.370 e. The van der Waals surface area contributed by atoms with Crippen LogP contribution in [0.2, 0.25) is 0 Å². The molecule has 0 saturated heterocycles. The predicted octanol–water partition coefficient (Wildman–Crippen LogP) is 0.381. The molecular weight excluding hydrogens is 232 g/mol. The Morgan fingerprint density at radius 3 is 2.50 bits per heavy atom. The lowest BCUT2D eigenvalue weighted by atomic mass is 10.4. The van der Waals surface area contributed by atoms with Crippen LogP contribution < -0.4 is 16.4 Å². The number of anilines is 3. The second-order valence-corrected chi connectivity index (χ2v) is 3.79. The number of carbonyl (C=O) groups is 1. The van der Waals surface area contributed by atoms with E-state index >= 15 is 0 Å². The first-order chi connectivity index (χ1) is 8.56. The maximum Gasteiger partial charge on any atom is 0.241 e. The molecule has 0 aliphatic carbocycles. The van der Waals surface area contributed by atoms with Crippen LogP contribution >= 0.6 is 0 Å². The number of nitrogen functional groups attached to an aromatic ring is 1. The lowest BCUT2D eigenvalue weighted by molar-refractivity contribution is -0.127. The van der Waals surface area contributed by atoms with Crippen molar-refractivity contribution in [1.29, 1.82) is 0 Å². The Balaban J connectivity index is 2.64. The van der Waals surface area contributed by atoms with Gasteiger partial charge in [0.15, 0.2) is 0 Å². The summed E-state index contributed by atoms with van der Waals surface area (Å²) in [7, 11) is 1.75. The Kier molecular flexibility index (Phi) is 5.16. The molecule has 1 amide bonds. The van der Waals surface area contributed by atoms with Crippen molar-refractivity contribution < 1.29 is 4.79 Å². The maximum absolute atomic E-state index is 11.6. The highest BCUT2D eigenvalue weighted by molar-refractivity contribution is 5.80. The van der Waals surface area contributed by atoms with Gasteiger partial charge in [0.05, 0.1) is 6.54 Å². The molecule has 0 bridgehead atoms. The minimum absolute atomic E-state index is 0.000292. The fourth-order valence-corrected chi connectivity index (χ4v) is 1.31. The van der Waals surface area contributed by atoms with Crippen molar-refractivity contribution in [2.75, 3.05) is 43.0 Å². The highest BCUT2D eigenvalue weighted by atomic mass is 16.2. The molecule has 0 aromatic carbocycles. The Labute approximate surface area is 107 Å². The molecule has 0 unspecified atom stereocenters. The Hall–Kier alpha value is -2.05. The Morgan fingerprint density at radius 2 is 1.94 bits per heavy atom. The fourth-order valence-electron chi connectivity index (χ4n) is 1.31. The molecule has 1 heterocycles. The molecule has 0 radical (unpaired) electrons. The topological polar surface area (TPSA) is 96.2 Å². The van der Waals surface area contributed by atoms with Crippen LogP contribution in [-0.2, 0) is 4.79 Å². The predicted molar refractivity (Wildman–Crippen MR) is 72.4 cm³/mol. The molecule has 0 aliphatic rings. The van der Waals surface area contributed by atoms with Crippen LogP contribution in [0, 0.1) is 0 Å². The van der Waals surface area contributed by atoms with Gasteiger partial charge in [-0.15, -0.1) is 0 Å². The van der Waals surface area contributed by atoms with Crippen LogP contribution in [0.1, 0.15) is 13.8 Å². The molecule has 7 heteroatoms. The van der Waals surface area contributed by atoms with E-state index in [1.165, 1.54) is 0 Å². The summed E-state index contributed by atoms with van der Waals surface area (Å²) < 4.78 is 0. The van der Waals surface area contributed by atoms with E-state index in [-0.39, 0.29) is 18.4 Å². The molecule has 100 valence electrons. The van der Waals surface area contributed by atoms with Gasteiger partial charge in [-0.25, -0.2) is 0 Å². The van der Waals surface area contributed by atoms with Crippen molar-refractivity contribution in [1.82, 2.24) is 14.9 Å². The number of likely N-dealkylation sites (N-methyl/N-ethyl adjacent to an activating group) is 1. The van der Waals surface area contributed by atoms with Gasteiger partial charge in [-0.3, -0.25) is 4.79 Å². The fraction of sp³-hybridized carbons (Fsp3) is 0.545. The third-order valence-corrected chi connectivity index (χ3v) is 2.42. The summed E-state index contributed by atoms with van der Waals surface area (Å²) in [5.41, 5.74) is 5.58. The summed E-state index contributed by atoms with van der Waals surface area (Å²) >= 11 is 0. The zero-order valence-electron chi connectivity index (χ0n) is 11.0. The number of nitrogens with two attached hydrogens (primary N) is 1. The van der Waals surface area contributed by atoms with E-state index in [2.05, 4.69) is 20.6 Å². The van der Waals surface area contributed by atoms with E-state index in [1.807, 2.05) is 13.8 Å². The van der Waals surface area contributed by atoms with Crippen molar-refractivity contribution in [2.45, 2.75) is 13.8 Å². The first-order valence-electron chi connectivity index (χ1n) is 5.93. The monoisotopic (exact) mass is 252 g/mol. The molecule has 0 atom stereocenters. The van der Waals surface area contributed by atoms with Crippen molar-refractivity contribution >= 4 is 23.5 Å². The SMILES string of the molecule is CCNc1cc(NCC(=O)N(C)CC)nc(N)n1. The summed E-state index contributed by atoms with van der Waals surface area (Å²) in [4.78, 5) is 21.3. The van der Waals surface area contributed by atoms with Crippen molar-refractivity contribution in [3.63, 3.8) is 0 Å². The van der Waals surface area contributed by atoms with Crippen molar-refractivity contribution in [3.8, 4) is 0 Å². The van der Waals surface area contributed by atoms with Crippen LogP contribution in [0.3, 0.4) is 0 Å². The van der Waals surface area contributed by atoms with Gasteiger partial charge in [-0.2, -0.15) is 9.97 Å². The third-order valence-electron chi connectivity index (χ3n) is 2.42. The number of aromatic nitrogens is 2. The highest BCUT2D eigenvalue weighted by Crippen LogP contribution is 2.11. The van der Waals surface area contributed by atoms with Gasteiger partial charge in [0.2, 0.25) is 11.9 Å². The van der Waals surface area contributed by atoms with Gasteiger partial charge in [0, 0.05) is 26.2 Å². The molecule has 1 rings (SSSR count). The average Bonchev–Trinajstić information content (AvgIpc) is 2.34. The smallest absolute Gasteiger partial charge is 0.241 e. The van der Waals surface area contributed by atoms with Gasteiger partial charge in [-0.1, -0.05) is 0 Å². The minimum Gasteiger partial charge on any atom is -0.370 e. The Morgan fingerprint density at radius 1 is 1.33 bits per heavy atom. The van der Waals surface area contributed by atoms with Gasteiger partial charge < -0.3 is 21.3 Å². The number of hydrogen-bond donors (Lipinski definition) is 3. The first kappa shape index (κ1) is 14.0. The Bertz CT molecular complexity index is 409. The zero-order chi connectivity index (χ0) is 13.5. The number of carbonyl (C=O) groups excluding carboxylic acids is 1.